The molecule has 2 aliphatic heterocycles. The maximum atomic E-state index is 13.3. The van der Waals surface area contributed by atoms with Crippen LogP contribution >= 0.6 is 0 Å². The number of fused-ring (bicyclic) bond motifs is 1. The van der Waals surface area contributed by atoms with Gasteiger partial charge in [-0.15, -0.1) is 0 Å². The van der Waals surface area contributed by atoms with E-state index in [0.717, 1.165) is 44.1 Å². The molecule has 0 radical (unpaired) electrons. The number of carbonyl (C=O) groups is 1. The second-order valence-corrected chi connectivity index (χ2v) is 10.3. The highest BCUT2D eigenvalue weighted by Gasteiger charge is 2.40. The van der Waals surface area contributed by atoms with Gasteiger partial charge in [-0.2, -0.15) is 10.1 Å². The van der Waals surface area contributed by atoms with Gasteiger partial charge in [0.15, 0.2) is 5.82 Å². The average molecular weight is 444 g/mol. The molecule has 1 saturated carbocycles. The first-order valence-corrected chi connectivity index (χ1v) is 12.3. The highest BCUT2D eigenvalue weighted by Crippen LogP contribution is 2.38. The summed E-state index contributed by atoms with van der Waals surface area (Å²) in [6.45, 7) is 3.07. The molecule has 3 heterocycles. The van der Waals surface area contributed by atoms with Gasteiger partial charge in [0.25, 0.3) is 5.91 Å². The molecule has 9 nitrogen and oxygen atoms in total. The number of aryl methyl sites for hydroxylation is 1. The van der Waals surface area contributed by atoms with Crippen molar-refractivity contribution in [3.8, 4) is 0 Å². The van der Waals surface area contributed by atoms with Gasteiger partial charge < -0.3 is 9.42 Å². The number of rotatable bonds is 4. The van der Waals surface area contributed by atoms with E-state index in [0.29, 0.717) is 36.4 Å². The van der Waals surface area contributed by atoms with Crippen LogP contribution in [0.4, 0.5) is 5.69 Å². The number of anilines is 1. The van der Waals surface area contributed by atoms with Crippen molar-refractivity contribution in [2.45, 2.75) is 62.8 Å². The number of hydrogen-bond donors (Lipinski definition) is 0. The molecule has 0 atom stereocenters. The van der Waals surface area contributed by atoms with Gasteiger partial charge >= 0.3 is 0 Å². The van der Waals surface area contributed by atoms with Crippen LogP contribution < -0.4 is 5.01 Å². The fourth-order valence-corrected chi connectivity index (χ4v) is 5.49. The lowest BCUT2D eigenvalue weighted by atomic mass is 10.2. The lowest BCUT2D eigenvalue weighted by Crippen LogP contribution is -2.43. The minimum Gasteiger partial charge on any atom is -0.337 e. The molecule has 0 bridgehead atoms. The number of likely N-dealkylation sites (tertiary alicyclic amines) is 1. The standard InChI is InChI=1S/C21H25N5O4S/c1-14-6-9-17-16(12-14)26(13-18-22-19(24-30-18)15-7-8-15)23-20(31(17,28)29)21(27)25-10-4-2-3-5-11-25/h6,9,12,15H,2-5,7-8,10-11,13H2,1H3. The molecule has 3 aliphatic rings. The average Bonchev–Trinajstić information content (AvgIpc) is 3.54. The third-order valence-electron chi connectivity index (χ3n) is 5.94. The van der Waals surface area contributed by atoms with Crippen LogP contribution in [0.1, 0.15) is 61.7 Å². The summed E-state index contributed by atoms with van der Waals surface area (Å²) in [7, 11) is -4.03. The highest BCUT2D eigenvalue weighted by molar-refractivity contribution is 8.08. The number of nitrogens with zero attached hydrogens (tertiary/aromatic N) is 5. The zero-order valence-corrected chi connectivity index (χ0v) is 18.3. The van der Waals surface area contributed by atoms with Crippen molar-refractivity contribution in [3.63, 3.8) is 0 Å². The number of carbonyl (C=O) groups excluding carboxylic acids is 1. The Kier molecular flexibility index (Phi) is 5.04. The van der Waals surface area contributed by atoms with Crippen molar-refractivity contribution < 1.29 is 17.7 Å². The van der Waals surface area contributed by atoms with Crippen LogP contribution in [0.15, 0.2) is 32.7 Å². The first-order chi connectivity index (χ1) is 14.9. The van der Waals surface area contributed by atoms with Gasteiger partial charge in [0, 0.05) is 19.0 Å². The Morgan fingerprint density at radius 1 is 1.16 bits per heavy atom. The summed E-state index contributed by atoms with van der Waals surface area (Å²) in [5.41, 5.74) is 1.30. The van der Waals surface area contributed by atoms with Crippen molar-refractivity contribution in [2.24, 2.45) is 5.10 Å². The molecular weight excluding hydrogens is 418 g/mol. The van der Waals surface area contributed by atoms with Crippen molar-refractivity contribution in [3.05, 3.63) is 35.5 Å². The Labute approximate surface area is 181 Å². The van der Waals surface area contributed by atoms with Crippen molar-refractivity contribution >= 4 is 26.5 Å². The molecule has 0 N–H and O–H groups in total. The summed E-state index contributed by atoms with van der Waals surface area (Å²) in [4.78, 5) is 19.4. The molecule has 1 amide bonds. The molecule has 31 heavy (non-hydrogen) atoms. The van der Waals surface area contributed by atoms with Crippen LogP contribution in [0, 0.1) is 6.92 Å². The fraction of sp³-hybridized carbons (Fsp3) is 0.524. The normalized spacial score (nSPS) is 20.7. The van der Waals surface area contributed by atoms with E-state index in [1.54, 1.807) is 23.1 Å². The van der Waals surface area contributed by atoms with Gasteiger partial charge in [0.05, 0.1) is 10.6 Å². The molecule has 10 heteroatoms. The predicted molar refractivity (Wildman–Crippen MR) is 113 cm³/mol. The van der Waals surface area contributed by atoms with Gasteiger partial charge in [-0.3, -0.25) is 9.80 Å². The molecule has 0 unspecified atom stereocenters. The predicted octanol–water partition coefficient (Wildman–Crippen LogP) is 2.77. The van der Waals surface area contributed by atoms with E-state index < -0.39 is 20.8 Å². The molecule has 1 aromatic heterocycles. The van der Waals surface area contributed by atoms with E-state index in [1.165, 1.54) is 5.01 Å². The highest BCUT2D eigenvalue weighted by atomic mass is 32.2. The monoisotopic (exact) mass is 443 g/mol. The Balaban J connectivity index is 1.53. The minimum absolute atomic E-state index is 0.0770. The maximum Gasteiger partial charge on any atom is 0.286 e. The quantitative estimate of drug-likeness (QED) is 0.715. The summed E-state index contributed by atoms with van der Waals surface area (Å²) in [6, 6.07) is 5.02. The first-order valence-electron chi connectivity index (χ1n) is 10.8. The van der Waals surface area contributed by atoms with E-state index in [2.05, 4.69) is 15.2 Å². The van der Waals surface area contributed by atoms with Gasteiger partial charge in [0.2, 0.25) is 20.8 Å². The summed E-state index contributed by atoms with van der Waals surface area (Å²) >= 11 is 0. The van der Waals surface area contributed by atoms with E-state index in [-0.39, 0.29) is 11.4 Å². The smallest absolute Gasteiger partial charge is 0.286 e. The van der Waals surface area contributed by atoms with E-state index in [1.807, 2.05) is 6.92 Å². The molecule has 5 rings (SSSR count). The van der Waals surface area contributed by atoms with E-state index >= 15 is 0 Å². The first kappa shape index (κ1) is 20.2. The second-order valence-electron chi connectivity index (χ2n) is 8.46. The van der Waals surface area contributed by atoms with Gasteiger partial charge in [-0.05, 0) is 50.3 Å². The molecule has 2 fully saturated rings. The third-order valence-corrected chi connectivity index (χ3v) is 7.63. The van der Waals surface area contributed by atoms with Crippen molar-refractivity contribution in [1.29, 1.82) is 0 Å². The lowest BCUT2D eigenvalue weighted by Gasteiger charge is -2.28. The Bertz CT molecular complexity index is 1140. The largest absolute Gasteiger partial charge is 0.337 e. The molecule has 1 aliphatic carbocycles. The zero-order valence-electron chi connectivity index (χ0n) is 17.5. The maximum absolute atomic E-state index is 13.3. The molecule has 1 aromatic carbocycles. The second kappa shape index (κ2) is 7.74. The van der Waals surface area contributed by atoms with Gasteiger partial charge in [-0.25, -0.2) is 8.42 Å². The van der Waals surface area contributed by atoms with Crippen LogP contribution in [0.2, 0.25) is 0 Å². The van der Waals surface area contributed by atoms with Crippen LogP contribution in [0.3, 0.4) is 0 Å². The molecule has 0 spiro atoms. The summed E-state index contributed by atoms with van der Waals surface area (Å²) in [5, 5.41) is 9.42. The summed E-state index contributed by atoms with van der Waals surface area (Å²) in [6.07, 6.45) is 5.91. The molecule has 2 aromatic rings. The van der Waals surface area contributed by atoms with Gasteiger partial charge in [0.1, 0.15) is 6.54 Å². The molecule has 1 saturated heterocycles. The molecular formula is C21H25N5O4S. The number of sulfone groups is 1. The van der Waals surface area contributed by atoms with Crippen LogP contribution in [0.25, 0.3) is 0 Å². The number of aromatic nitrogens is 2. The van der Waals surface area contributed by atoms with Crippen molar-refractivity contribution in [1.82, 2.24) is 15.0 Å². The fourth-order valence-electron chi connectivity index (χ4n) is 4.03. The number of hydrogen-bond acceptors (Lipinski definition) is 8. The SMILES string of the molecule is Cc1ccc2c(c1)N(Cc1nc(C3CC3)no1)N=C(C(=O)N1CCCCCC1)S2(=O)=O. The van der Waals surface area contributed by atoms with Crippen LogP contribution in [-0.2, 0) is 21.2 Å². The van der Waals surface area contributed by atoms with E-state index in [4.69, 9.17) is 4.52 Å². The molecule has 164 valence electrons. The number of benzene rings is 1. The number of hydrazone groups is 1. The zero-order chi connectivity index (χ0) is 21.6. The topological polar surface area (TPSA) is 109 Å². The lowest BCUT2D eigenvalue weighted by molar-refractivity contribution is -0.123. The van der Waals surface area contributed by atoms with E-state index in [9.17, 15) is 13.2 Å². The summed E-state index contributed by atoms with van der Waals surface area (Å²) < 4.78 is 32.0. The Hall–Kier alpha value is -2.75. The van der Waals surface area contributed by atoms with Crippen LogP contribution in [-0.4, -0.2) is 47.5 Å². The number of amides is 1. The van der Waals surface area contributed by atoms with Crippen LogP contribution in [0.5, 0.6) is 0 Å². The Morgan fingerprint density at radius 3 is 2.61 bits per heavy atom. The third kappa shape index (κ3) is 3.84. The van der Waals surface area contributed by atoms with Gasteiger partial charge in [-0.1, -0.05) is 24.1 Å². The van der Waals surface area contributed by atoms with Crippen molar-refractivity contribution in [2.75, 3.05) is 18.1 Å². The summed E-state index contributed by atoms with van der Waals surface area (Å²) in [5.74, 6) is 0.827. The minimum atomic E-state index is -4.03. The Morgan fingerprint density at radius 2 is 1.90 bits per heavy atom.